The van der Waals surface area contributed by atoms with Crippen molar-refractivity contribution in [3.8, 4) is 0 Å². The van der Waals surface area contributed by atoms with Crippen LogP contribution >= 0.6 is 0 Å². The molecule has 0 saturated heterocycles. The van der Waals surface area contributed by atoms with E-state index < -0.39 is 0 Å². The van der Waals surface area contributed by atoms with Gasteiger partial charge in [-0.2, -0.15) is 0 Å². The fourth-order valence-corrected chi connectivity index (χ4v) is 1.85. The first-order chi connectivity index (χ1) is 8.70. The molecule has 4 nitrogen and oxygen atoms in total. The molecule has 0 aliphatic heterocycles. The topological polar surface area (TPSA) is 68.9 Å². The highest BCUT2D eigenvalue weighted by Crippen LogP contribution is 2.11. The Morgan fingerprint density at radius 2 is 2.11 bits per heavy atom. The number of aryl methyl sites for hydroxylation is 1. The molecule has 0 aliphatic carbocycles. The van der Waals surface area contributed by atoms with Crippen LogP contribution in [0.3, 0.4) is 0 Å². The molecule has 4 heteroatoms. The summed E-state index contributed by atoms with van der Waals surface area (Å²) in [6.45, 7) is 2.01. The van der Waals surface area contributed by atoms with Crippen LogP contribution in [0.5, 0.6) is 0 Å². The van der Waals surface area contributed by atoms with Gasteiger partial charge in [0.05, 0.1) is 0 Å². The van der Waals surface area contributed by atoms with Gasteiger partial charge < -0.3 is 5.73 Å². The molecule has 92 valence electrons. The van der Waals surface area contributed by atoms with Crippen LogP contribution in [0, 0.1) is 0 Å². The lowest BCUT2D eigenvalue weighted by molar-refractivity contribution is 0.0987. The average molecular weight is 241 g/mol. The van der Waals surface area contributed by atoms with Gasteiger partial charge in [-0.3, -0.25) is 9.78 Å². The number of nitrogen functional groups attached to an aromatic ring is 1. The number of carbonyl (C=O) groups is 1. The van der Waals surface area contributed by atoms with Crippen molar-refractivity contribution in [3.63, 3.8) is 0 Å². The van der Waals surface area contributed by atoms with E-state index in [0.29, 0.717) is 17.9 Å². The quantitative estimate of drug-likeness (QED) is 0.832. The van der Waals surface area contributed by atoms with Crippen molar-refractivity contribution in [1.29, 1.82) is 0 Å². The van der Waals surface area contributed by atoms with E-state index >= 15 is 0 Å². The molecule has 2 aromatic heterocycles. The number of carbonyl (C=O) groups excluding carboxylic acids is 1. The van der Waals surface area contributed by atoms with E-state index in [4.69, 9.17) is 5.73 Å². The summed E-state index contributed by atoms with van der Waals surface area (Å²) in [4.78, 5) is 20.3. The van der Waals surface area contributed by atoms with E-state index in [1.807, 2.05) is 19.1 Å². The maximum Gasteiger partial charge on any atom is 0.185 e. The summed E-state index contributed by atoms with van der Waals surface area (Å²) in [5.74, 6) is 0.440. The number of rotatable bonds is 4. The Bertz CT molecular complexity index is 566. The predicted molar refractivity (Wildman–Crippen MR) is 70.3 cm³/mol. The second kappa shape index (κ2) is 5.40. The SMILES string of the molecule is CCc1cccnc1C(=O)Cc1ccnc(N)c1. The third kappa shape index (κ3) is 2.71. The molecule has 2 rings (SSSR count). The van der Waals surface area contributed by atoms with Crippen LogP contribution in [0.2, 0.25) is 0 Å². The lowest BCUT2D eigenvalue weighted by Crippen LogP contribution is -2.09. The molecule has 2 heterocycles. The van der Waals surface area contributed by atoms with Gasteiger partial charge in [0.2, 0.25) is 0 Å². The van der Waals surface area contributed by atoms with Gasteiger partial charge in [-0.05, 0) is 35.7 Å². The van der Waals surface area contributed by atoms with E-state index in [1.165, 1.54) is 0 Å². The standard InChI is InChI=1S/C14H15N3O/c1-2-11-4-3-6-17-14(11)12(18)8-10-5-7-16-13(15)9-10/h3-7,9H,2,8H2,1H3,(H2,15,16). The summed E-state index contributed by atoms with van der Waals surface area (Å²) >= 11 is 0. The van der Waals surface area contributed by atoms with E-state index in [2.05, 4.69) is 9.97 Å². The predicted octanol–water partition coefficient (Wildman–Crippen LogP) is 2.05. The number of ketones is 1. The average Bonchev–Trinajstić information content (AvgIpc) is 2.38. The van der Waals surface area contributed by atoms with Gasteiger partial charge in [0.1, 0.15) is 11.5 Å². The summed E-state index contributed by atoms with van der Waals surface area (Å²) in [6, 6.07) is 7.29. The number of nitrogens with zero attached hydrogens (tertiary/aromatic N) is 2. The van der Waals surface area contributed by atoms with Gasteiger partial charge in [0.25, 0.3) is 0 Å². The molecule has 0 aromatic carbocycles. The Morgan fingerprint density at radius 1 is 1.28 bits per heavy atom. The molecule has 0 radical (unpaired) electrons. The zero-order valence-electron chi connectivity index (χ0n) is 10.3. The van der Waals surface area contributed by atoms with Crippen LogP contribution in [0.25, 0.3) is 0 Å². The van der Waals surface area contributed by atoms with E-state index in [-0.39, 0.29) is 5.78 Å². The maximum atomic E-state index is 12.2. The van der Waals surface area contributed by atoms with Crippen molar-refractivity contribution < 1.29 is 4.79 Å². The first kappa shape index (κ1) is 12.2. The van der Waals surface area contributed by atoms with Crippen molar-refractivity contribution in [2.75, 3.05) is 5.73 Å². The number of nitrogens with two attached hydrogens (primary N) is 1. The Morgan fingerprint density at radius 3 is 2.83 bits per heavy atom. The van der Waals surface area contributed by atoms with Gasteiger partial charge in [-0.25, -0.2) is 4.98 Å². The van der Waals surface area contributed by atoms with Crippen LogP contribution < -0.4 is 5.73 Å². The number of Topliss-reactive ketones (excluding diaryl/α,β-unsaturated/α-hetero) is 1. The molecule has 0 fully saturated rings. The second-order valence-electron chi connectivity index (χ2n) is 4.05. The minimum absolute atomic E-state index is 0.0121. The number of pyridine rings is 2. The molecule has 0 unspecified atom stereocenters. The Hall–Kier alpha value is -2.23. The van der Waals surface area contributed by atoms with Crippen LogP contribution in [-0.2, 0) is 12.8 Å². The van der Waals surface area contributed by atoms with Crippen molar-refractivity contribution in [2.24, 2.45) is 0 Å². The maximum absolute atomic E-state index is 12.2. The van der Waals surface area contributed by atoms with E-state index in [0.717, 1.165) is 17.5 Å². The highest BCUT2D eigenvalue weighted by atomic mass is 16.1. The Balaban J connectivity index is 2.22. The minimum Gasteiger partial charge on any atom is -0.384 e. The smallest absolute Gasteiger partial charge is 0.185 e. The minimum atomic E-state index is 0.0121. The molecular formula is C14H15N3O. The zero-order valence-corrected chi connectivity index (χ0v) is 10.3. The summed E-state index contributed by atoms with van der Waals surface area (Å²) in [6.07, 6.45) is 4.36. The normalized spacial score (nSPS) is 10.3. The number of hydrogen-bond donors (Lipinski definition) is 1. The fraction of sp³-hybridized carbons (Fsp3) is 0.214. The second-order valence-corrected chi connectivity index (χ2v) is 4.05. The van der Waals surface area contributed by atoms with E-state index in [1.54, 1.807) is 24.5 Å². The molecule has 2 N–H and O–H groups in total. The molecule has 0 aliphatic rings. The van der Waals surface area contributed by atoms with Gasteiger partial charge in [-0.1, -0.05) is 13.0 Å². The molecule has 0 bridgehead atoms. The van der Waals surface area contributed by atoms with Gasteiger partial charge in [-0.15, -0.1) is 0 Å². The third-order valence-corrected chi connectivity index (χ3v) is 2.75. The van der Waals surface area contributed by atoms with Crippen molar-refractivity contribution in [3.05, 3.63) is 53.5 Å². The van der Waals surface area contributed by atoms with Crippen LogP contribution in [-0.4, -0.2) is 15.8 Å². The largest absolute Gasteiger partial charge is 0.384 e. The first-order valence-electron chi connectivity index (χ1n) is 5.88. The van der Waals surface area contributed by atoms with Crippen LogP contribution in [0.1, 0.15) is 28.5 Å². The van der Waals surface area contributed by atoms with Gasteiger partial charge >= 0.3 is 0 Å². The molecule has 2 aromatic rings. The number of aromatic nitrogens is 2. The third-order valence-electron chi connectivity index (χ3n) is 2.75. The molecule has 0 atom stereocenters. The first-order valence-corrected chi connectivity index (χ1v) is 5.88. The summed E-state index contributed by atoms with van der Waals surface area (Å²) in [5, 5.41) is 0. The lowest BCUT2D eigenvalue weighted by Gasteiger charge is -2.05. The highest BCUT2D eigenvalue weighted by Gasteiger charge is 2.12. The molecule has 0 spiro atoms. The Labute approximate surface area is 106 Å². The molecule has 0 saturated carbocycles. The van der Waals surface area contributed by atoms with Crippen LogP contribution in [0.15, 0.2) is 36.7 Å². The van der Waals surface area contributed by atoms with E-state index in [9.17, 15) is 4.79 Å². The number of hydrogen-bond acceptors (Lipinski definition) is 4. The number of anilines is 1. The van der Waals surface area contributed by atoms with Crippen LogP contribution in [0.4, 0.5) is 5.82 Å². The van der Waals surface area contributed by atoms with Crippen molar-refractivity contribution in [2.45, 2.75) is 19.8 Å². The summed E-state index contributed by atoms with van der Waals surface area (Å²) in [7, 11) is 0. The summed E-state index contributed by atoms with van der Waals surface area (Å²) < 4.78 is 0. The molecule has 0 amide bonds. The fourth-order valence-electron chi connectivity index (χ4n) is 1.85. The summed E-state index contributed by atoms with van der Waals surface area (Å²) in [5.41, 5.74) is 7.98. The van der Waals surface area contributed by atoms with Crippen molar-refractivity contribution in [1.82, 2.24) is 9.97 Å². The molecular weight excluding hydrogens is 226 g/mol. The van der Waals surface area contributed by atoms with Crippen molar-refractivity contribution >= 4 is 11.6 Å². The zero-order chi connectivity index (χ0) is 13.0. The van der Waals surface area contributed by atoms with Gasteiger partial charge in [0, 0.05) is 18.8 Å². The Kier molecular flexibility index (Phi) is 3.67. The molecule has 18 heavy (non-hydrogen) atoms. The van der Waals surface area contributed by atoms with Gasteiger partial charge in [0.15, 0.2) is 5.78 Å². The highest BCUT2D eigenvalue weighted by molar-refractivity contribution is 5.97. The lowest BCUT2D eigenvalue weighted by atomic mass is 10.0. The monoisotopic (exact) mass is 241 g/mol.